The predicted octanol–water partition coefficient (Wildman–Crippen LogP) is 7.99. The first-order valence-electron chi connectivity index (χ1n) is 8.90. The van der Waals surface area contributed by atoms with Crippen molar-refractivity contribution in [2.45, 2.75) is 33.6 Å². The zero-order valence-corrected chi connectivity index (χ0v) is 16.7. The summed E-state index contributed by atoms with van der Waals surface area (Å²) in [5, 5.41) is 0. The number of allylic oxidation sites excluding steroid dienone is 12. The highest BCUT2D eigenvalue weighted by Crippen LogP contribution is 2.23. The van der Waals surface area contributed by atoms with Gasteiger partial charge in [0.25, 0.3) is 0 Å². The first-order chi connectivity index (χ1) is 12.1. The normalized spacial score (nSPS) is 13.2. The lowest BCUT2D eigenvalue weighted by atomic mass is 9.93. The molecule has 0 aliphatic rings. The Hall–Kier alpha value is -2.41. The third kappa shape index (κ3) is 9.17. The van der Waals surface area contributed by atoms with Crippen LogP contribution in [0.15, 0.2) is 110 Å². The SMILES string of the molecule is C=C/C=C\C(=C)C(=C)/C(F)=C\C(=C)C(=C)/C=C\C(=C)C(C)CCC(C)C. The highest BCUT2D eigenvalue weighted by Gasteiger charge is 2.07. The average Bonchev–Trinajstić information content (AvgIpc) is 2.60. The van der Waals surface area contributed by atoms with Gasteiger partial charge in [0, 0.05) is 5.57 Å². The van der Waals surface area contributed by atoms with Crippen LogP contribution in [0.4, 0.5) is 4.39 Å². The van der Waals surface area contributed by atoms with E-state index in [1.807, 2.05) is 12.2 Å². The van der Waals surface area contributed by atoms with Gasteiger partial charge in [-0.25, -0.2) is 4.39 Å². The molecule has 0 spiro atoms. The van der Waals surface area contributed by atoms with Gasteiger partial charge in [0.05, 0.1) is 0 Å². The Morgan fingerprint density at radius 3 is 2.00 bits per heavy atom. The lowest BCUT2D eigenvalue weighted by Gasteiger charge is -2.13. The van der Waals surface area contributed by atoms with Crippen molar-refractivity contribution in [1.82, 2.24) is 0 Å². The molecular formula is C25H33F. The van der Waals surface area contributed by atoms with E-state index in [9.17, 15) is 4.39 Å². The minimum atomic E-state index is -0.479. The van der Waals surface area contributed by atoms with Crippen LogP contribution < -0.4 is 0 Å². The molecule has 0 nitrogen and oxygen atoms in total. The molecule has 0 radical (unpaired) electrons. The van der Waals surface area contributed by atoms with E-state index in [1.165, 1.54) is 12.5 Å². The second-order valence-corrected chi connectivity index (χ2v) is 6.92. The van der Waals surface area contributed by atoms with Gasteiger partial charge in [-0.15, -0.1) is 0 Å². The Balaban J connectivity index is 4.85. The standard InChI is InChI=1S/C25H33F/c1-10-11-12-22(7)24(9)25(26)17-23(8)21(6)16-15-20(5)19(4)14-13-18(2)3/h10-12,15-19H,1,5-9,13-14H2,2-4H3/b12-11-,16-15-,25-17+. The smallest absolute Gasteiger partial charge is 0.131 e. The molecule has 0 saturated carbocycles. The molecule has 0 bridgehead atoms. The largest absolute Gasteiger partial charge is 0.206 e. The van der Waals surface area contributed by atoms with Crippen LogP contribution in [0.25, 0.3) is 0 Å². The first-order valence-corrected chi connectivity index (χ1v) is 8.90. The second-order valence-electron chi connectivity index (χ2n) is 6.92. The lowest BCUT2D eigenvalue weighted by Crippen LogP contribution is -1.99. The van der Waals surface area contributed by atoms with Crippen molar-refractivity contribution >= 4 is 0 Å². The van der Waals surface area contributed by atoms with Crippen LogP contribution >= 0.6 is 0 Å². The molecule has 140 valence electrons. The molecule has 0 aromatic heterocycles. The van der Waals surface area contributed by atoms with E-state index in [0.29, 0.717) is 28.6 Å². The number of hydrogen-bond acceptors (Lipinski definition) is 0. The van der Waals surface area contributed by atoms with Gasteiger partial charge in [-0.3, -0.25) is 0 Å². The summed E-state index contributed by atoms with van der Waals surface area (Å²) in [4.78, 5) is 0. The van der Waals surface area contributed by atoms with E-state index in [4.69, 9.17) is 0 Å². The molecule has 0 saturated heterocycles. The van der Waals surface area contributed by atoms with Crippen molar-refractivity contribution in [3.05, 3.63) is 110 Å². The molecule has 0 aromatic carbocycles. The van der Waals surface area contributed by atoms with Gasteiger partial charge in [0.15, 0.2) is 0 Å². The number of halogens is 1. The quantitative estimate of drug-likeness (QED) is 0.312. The van der Waals surface area contributed by atoms with Crippen molar-refractivity contribution in [1.29, 1.82) is 0 Å². The van der Waals surface area contributed by atoms with E-state index >= 15 is 0 Å². The van der Waals surface area contributed by atoms with Gasteiger partial charge in [-0.1, -0.05) is 103 Å². The highest BCUT2D eigenvalue weighted by atomic mass is 19.1. The van der Waals surface area contributed by atoms with Gasteiger partial charge in [0.1, 0.15) is 5.83 Å². The maximum absolute atomic E-state index is 14.3. The van der Waals surface area contributed by atoms with Gasteiger partial charge < -0.3 is 0 Å². The Morgan fingerprint density at radius 2 is 1.46 bits per heavy atom. The Kier molecular flexibility index (Phi) is 10.9. The summed E-state index contributed by atoms with van der Waals surface area (Å²) in [5.74, 6) is 0.607. The van der Waals surface area contributed by atoms with E-state index in [0.717, 1.165) is 12.0 Å². The van der Waals surface area contributed by atoms with Crippen molar-refractivity contribution in [2.75, 3.05) is 0 Å². The number of rotatable bonds is 12. The average molecular weight is 353 g/mol. The van der Waals surface area contributed by atoms with Gasteiger partial charge in [-0.2, -0.15) is 0 Å². The van der Waals surface area contributed by atoms with Crippen molar-refractivity contribution in [3.8, 4) is 0 Å². The monoisotopic (exact) mass is 352 g/mol. The molecule has 0 amide bonds. The van der Waals surface area contributed by atoms with Crippen molar-refractivity contribution in [3.63, 3.8) is 0 Å². The molecule has 0 fully saturated rings. The Labute approximate surface area is 159 Å². The summed E-state index contributed by atoms with van der Waals surface area (Å²) in [6, 6.07) is 0. The van der Waals surface area contributed by atoms with Crippen LogP contribution in [0.3, 0.4) is 0 Å². The van der Waals surface area contributed by atoms with Crippen LogP contribution in [-0.2, 0) is 0 Å². The zero-order chi connectivity index (χ0) is 20.3. The third-order valence-corrected chi connectivity index (χ3v) is 4.13. The number of hydrogen-bond donors (Lipinski definition) is 0. The van der Waals surface area contributed by atoms with E-state index in [-0.39, 0.29) is 5.57 Å². The Morgan fingerprint density at radius 1 is 0.846 bits per heavy atom. The van der Waals surface area contributed by atoms with Crippen LogP contribution in [0.5, 0.6) is 0 Å². The maximum atomic E-state index is 14.3. The fourth-order valence-corrected chi connectivity index (χ4v) is 2.02. The third-order valence-electron chi connectivity index (χ3n) is 4.13. The molecule has 0 rings (SSSR count). The predicted molar refractivity (Wildman–Crippen MR) is 117 cm³/mol. The molecule has 1 unspecified atom stereocenters. The fraction of sp³-hybridized carbons (Fsp3) is 0.280. The topological polar surface area (TPSA) is 0 Å². The zero-order valence-electron chi connectivity index (χ0n) is 16.7. The van der Waals surface area contributed by atoms with Crippen LogP contribution in [-0.4, -0.2) is 0 Å². The van der Waals surface area contributed by atoms with Crippen molar-refractivity contribution in [2.24, 2.45) is 11.8 Å². The minimum Gasteiger partial charge on any atom is -0.206 e. The summed E-state index contributed by atoms with van der Waals surface area (Å²) in [5.41, 5.74) is 2.87. The molecule has 0 aromatic rings. The summed E-state index contributed by atoms with van der Waals surface area (Å²) in [6.45, 7) is 29.6. The molecule has 1 heteroatoms. The van der Waals surface area contributed by atoms with Crippen LogP contribution in [0.2, 0.25) is 0 Å². The molecule has 0 heterocycles. The summed E-state index contributed by atoms with van der Waals surface area (Å²) < 4.78 is 14.3. The molecular weight excluding hydrogens is 319 g/mol. The summed E-state index contributed by atoms with van der Waals surface area (Å²) in [6.07, 6.45) is 12.3. The van der Waals surface area contributed by atoms with Gasteiger partial charge >= 0.3 is 0 Å². The van der Waals surface area contributed by atoms with Crippen molar-refractivity contribution < 1.29 is 4.39 Å². The summed E-state index contributed by atoms with van der Waals surface area (Å²) in [7, 11) is 0. The first kappa shape index (κ1) is 23.6. The minimum absolute atomic E-state index is 0.216. The Bertz CT molecular complexity index is 662. The molecule has 1 atom stereocenters. The summed E-state index contributed by atoms with van der Waals surface area (Å²) >= 11 is 0. The lowest BCUT2D eigenvalue weighted by molar-refractivity contribution is 0.494. The molecule has 0 aliphatic carbocycles. The second kappa shape index (κ2) is 12.0. The molecule has 0 aliphatic heterocycles. The van der Waals surface area contributed by atoms with E-state index < -0.39 is 5.83 Å². The molecule has 26 heavy (non-hydrogen) atoms. The van der Waals surface area contributed by atoms with E-state index in [1.54, 1.807) is 18.2 Å². The highest BCUT2D eigenvalue weighted by molar-refractivity contribution is 5.52. The molecule has 0 N–H and O–H groups in total. The van der Waals surface area contributed by atoms with Crippen LogP contribution in [0, 0.1) is 11.8 Å². The van der Waals surface area contributed by atoms with Gasteiger partial charge in [0.2, 0.25) is 0 Å². The fourth-order valence-electron chi connectivity index (χ4n) is 2.02. The van der Waals surface area contributed by atoms with Crippen LogP contribution in [0.1, 0.15) is 33.6 Å². The van der Waals surface area contributed by atoms with Gasteiger partial charge in [-0.05, 0) is 41.1 Å². The van der Waals surface area contributed by atoms with E-state index in [2.05, 4.69) is 60.2 Å². The maximum Gasteiger partial charge on any atom is 0.131 e.